The van der Waals surface area contributed by atoms with Gasteiger partial charge in [0.1, 0.15) is 0 Å². The lowest BCUT2D eigenvalue weighted by Crippen LogP contribution is -2.46. The highest BCUT2D eigenvalue weighted by molar-refractivity contribution is 5.90. The van der Waals surface area contributed by atoms with Crippen molar-refractivity contribution in [3.05, 3.63) is 35.9 Å². The van der Waals surface area contributed by atoms with Crippen LogP contribution in [0.2, 0.25) is 0 Å². The van der Waals surface area contributed by atoms with Gasteiger partial charge in [-0.2, -0.15) is 0 Å². The Kier molecular flexibility index (Phi) is 6.72. The van der Waals surface area contributed by atoms with Crippen molar-refractivity contribution in [2.45, 2.75) is 38.8 Å². The molecule has 22 heavy (non-hydrogen) atoms. The minimum Gasteiger partial charge on any atom is -0.368 e. The summed E-state index contributed by atoms with van der Waals surface area (Å²) >= 11 is 0. The molecule has 3 atom stereocenters. The van der Waals surface area contributed by atoms with Crippen LogP contribution in [0.3, 0.4) is 0 Å². The van der Waals surface area contributed by atoms with Crippen molar-refractivity contribution in [2.75, 3.05) is 0 Å². The Balaban J connectivity index is 2.79. The van der Waals surface area contributed by atoms with Crippen molar-refractivity contribution in [1.82, 2.24) is 5.32 Å². The quantitative estimate of drug-likeness (QED) is 0.633. The third-order valence-electron chi connectivity index (χ3n) is 3.46. The van der Waals surface area contributed by atoms with Crippen molar-refractivity contribution in [1.29, 1.82) is 0 Å². The predicted octanol–water partition coefficient (Wildman–Crippen LogP) is 0.142. The molecule has 0 fully saturated rings. The van der Waals surface area contributed by atoms with Gasteiger partial charge in [0, 0.05) is 12.8 Å². The molecule has 0 aliphatic carbocycles. The van der Waals surface area contributed by atoms with E-state index in [2.05, 4.69) is 5.32 Å². The summed E-state index contributed by atoms with van der Waals surface area (Å²) in [5, 5.41) is 2.67. The number of amides is 2. The molecule has 0 aliphatic heterocycles. The summed E-state index contributed by atoms with van der Waals surface area (Å²) in [6, 6.07) is 7.90. The molecule has 0 saturated heterocycles. The molecule has 0 spiro atoms. The number of carbonyl (C=O) groups is 3. The Labute approximate surface area is 130 Å². The van der Waals surface area contributed by atoms with E-state index in [0.717, 1.165) is 5.56 Å². The molecule has 0 saturated carbocycles. The van der Waals surface area contributed by atoms with E-state index in [1.165, 1.54) is 6.92 Å². The SMILES string of the molecule is CC(=O)N[C@@H](Cc1ccccc1)C(=O)C(C)C[C@H](N)C(N)=O. The molecule has 1 rings (SSSR count). The molecule has 0 aromatic heterocycles. The average molecular weight is 305 g/mol. The van der Waals surface area contributed by atoms with Crippen molar-refractivity contribution < 1.29 is 14.4 Å². The van der Waals surface area contributed by atoms with Crippen molar-refractivity contribution in [2.24, 2.45) is 17.4 Å². The summed E-state index contributed by atoms with van der Waals surface area (Å²) in [6.07, 6.45) is 0.564. The number of nitrogens with one attached hydrogen (secondary N) is 1. The van der Waals surface area contributed by atoms with Crippen LogP contribution in [0, 0.1) is 5.92 Å². The Morgan fingerprint density at radius 2 is 1.77 bits per heavy atom. The van der Waals surface area contributed by atoms with Gasteiger partial charge in [0.2, 0.25) is 11.8 Å². The molecule has 0 heterocycles. The second-order valence-corrected chi connectivity index (χ2v) is 5.49. The second kappa shape index (κ2) is 8.29. The molecule has 1 unspecified atom stereocenters. The molecule has 0 aliphatic rings. The highest BCUT2D eigenvalue weighted by Gasteiger charge is 2.27. The molecule has 1 aromatic rings. The van der Waals surface area contributed by atoms with Crippen LogP contribution in [-0.2, 0) is 20.8 Å². The van der Waals surface area contributed by atoms with Gasteiger partial charge < -0.3 is 16.8 Å². The zero-order valence-electron chi connectivity index (χ0n) is 12.9. The first-order chi connectivity index (χ1) is 10.3. The van der Waals surface area contributed by atoms with E-state index in [1.807, 2.05) is 30.3 Å². The van der Waals surface area contributed by atoms with Crippen molar-refractivity contribution in [3.63, 3.8) is 0 Å². The summed E-state index contributed by atoms with van der Waals surface area (Å²) in [6.45, 7) is 3.05. The number of ketones is 1. The maximum absolute atomic E-state index is 12.5. The standard InChI is InChI=1S/C16H23N3O3/c1-10(8-13(17)16(18)22)15(21)14(19-11(2)20)9-12-6-4-3-5-7-12/h3-7,10,13-14H,8-9,17H2,1-2H3,(H2,18,22)(H,19,20)/t10?,13-,14-/m0/s1. The topological polar surface area (TPSA) is 115 Å². The van der Waals surface area contributed by atoms with Gasteiger partial charge in [-0.1, -0.05) is 37.3 Å². The lowest BCUT2D eigenvalue weighted by molar-refractivity contribution is -0.129. The molecule has 6 heteroatoms. The van der Waals surface area contributed by atoms with E-state index < -0.39 is 23.9 Å². The molecule has 120 valence electrons. The molecule has 5 N–H and O–H groups in total. The predicted molar refractivity (Wildman–Crippen MR) is 83.7 cm³/mol. The summed E-state index contributed by atoms with van der Waals surface area (Å²) in [4.78, 5) is 34.9. The highest BCUT2D eigenvalue weighted by atomic mass is 16.2. The monoisotopic (exact) mass is 305 g/mol. The first-order valence-electron chi connectivity index (χ1n) is 7.21. The Bertz CT molecular complexity index is 531. The molecular weight excluding hydrogens is 282 g/mol. The first kappa shape index (κ1) is 17.8. The fraction of sp³-hybridized carbons (Fsp3) is 0.438. The Morgan fingerprint density at radius 3 is 2.27 bits per heavy atom. The van der Waals surface area contributed by atoms with Crippen LogP contribution in [0.15, 0.2) is 30.3 Å². The average Bonchev–Trinajstić information content (AvgIpc) is 2.46. The summed E-state index contributed by atoms with van der Waals surface area (Å²) in [7, 11) is 0. The van der Waals surface area contributed by atoms with E-state index in [-0.39, 0.29) is 18.1 Å². The van der Waals surface area contributed by atoms with Crippen molar-refractivity contribution >= 4 is 17.6 Å². The zero-order chi connectivity index (χ0) is 16.7. The number of Topliss-reactive ketones (excluding diaryl/α,β-unsaturated/α-hetero) is 1. The third-order valence-corrected chi connectivity index (χ3v) is 3.46. The second-order valence-electron chi connectivity index (χ2n) is 5.49. The number of benzene rings is 1. The lowest BCUT2D eigenvalue weighted by atomic mass is 9.90. The fourth-order valence-corrected chi connectivity index (χ4v) is 2.27. The highest BCUT2D eigenvalue weighted by Crippen LogP contribution is 2.13. The summed E-state index contributed by atoms with van der Waals surface area (Å²) in [5.41, 5.74) is 11.7. The fourth-order valence-electron chi connectivity index (χ4n) is 2.27. The van der Waals surface area contributed by atoms with Gasteiger partial charge >= 0.3 is 0 Å². The first-order valence-corrected chi connectivity index (χ1v) is 7.21. The summed E-state index contributed by atoms with van der Waals surface area (Å²) < 4.78 is 0. The Hall–Kier alpha value is -2.21. The molecular formula is C16H23N3O3. The van der Waals surface area contributed by atoms with Crippen LogP contribution in [0.1, 0.15) is 25.8 Å². The van der Waals surface area contributed by atoms with Gasteiger partial charge in [-0.3, -0.25) is 14.4 Å². The molecule has 2 amide bonds. The number of hydrogen-bond donors (Lipinski definition) is 3. The van der Waals surface area contributed by atoms with Gasteiger partial charge in [0.25, 0.3) is 0 Å². The molecule has 6 nitrogen and oxygen atoms in total. The normalized spacial score (nSPS) is 14.7. The van der Waals surface area contributed by atoms with E-state index >= 15 is 0 Å². The minimum absolute atomic E-state index is 0.157. The van der Waals surface area contributed by atoms with Gasteiger partial charge in [0.05, 0.1) is 12.1 Å². The summed E-state index contributed by atoms with van der Waals surface area (Å²) in [5.74, 6) is -1.54. The largest absolute Gasteiger partial charge is 0.368 e. The lowest BCUT2D eigenvalue weighted by Gasteiger charge is -2.22. The van der Waals surface area contributed by atoms with Crippen LogP contribution in [0.25, 0.3) is 0 Å². The number of carbonyl (C=O) groups excluding carboxylic acids is 3. The van der Waals surface area contributed by atoms with Crippen LogP contribution >= 0.6 is 0 Å². The molecule has 0 radical (unpaired) electrons. The molecule has 1 aromatic carbocycles. The van der Waals surface area contributed by atoms with E-state index in [4.69, 9.17) is 11.5 Å². The third kappa shape index (κ3) is 5.65. The number of rotatable bonds is 8. The smallest absolute Gasteiger partial charge is 0.234 e. The maximum Gasteiger partial charge on any atom is 0.234 e. The molecule has 0 bridgehead atoms. The number of primary amides is 1. The van der Waals surface area contributed by atoms with E-state index in [1.54, 1.807) is 6.92 Å². The van der Waals surface area contributed by atoms with Gasteiger partial charge in [-0.25, -0.2) is 0 Å². The maximum atomic E-state index is 12.5. The number of hydrogen-bond acceptors (Lipinski definition) is 4. The number of nitrogens with two attached hydrogens (primary N) is 2. The van der Waals surface area contributed by atoms with Crippen LogP contribution in [-0.4, -0.2) is 29.7 Å². The Morgan fingerprint density at radius 1 is 1.18 bits per heavy atom. The van der Waals surface area contributed by atoms with Crippen LogP contribution < -0.4 is 16.8 Å². The van der Waals surface area contributed by atoms with Crippen LogP contribution in [0.5, 0.6) is 0 Å². The zero-order valence-corrected chi connectivity index (χ0v) is 12.9. The van der Waals surface area contributed by atoms with E-state index in [9.17, 15) is 14.4 Å². The van der Waals surface area contributed by atoms with Gasteiger partial charge in [-0.15, -0.1) is 0 Å². The minimum atomic E-state index is -0.867. The van der Waals surface area contributed by atoms with Gasteiger partial charge in [-0.05, 0) is 18.4 Å². The van der Waals surface area contributed by atoms with E-state index in [0.29, 0.717) is 6.42 Å². The van der Waals surface area contributed by atoms with Crippen molar-refractivity contribution in [3.8, 4) is 0 Å². The van der Waals surface area contributed by atoms with Gasteiger partial charge in [0.15, 0.2) is 5.78 Å². The van der Waals surface area contributed by atoms with Crippen LogP contribution in [0.4, 0.5) is 0 Å².